The van der Waals surface area contributed by atoms with E-state index in [1.54, 1.807) is 0 Å². The van der Waals surface area contributed by atoms with Crippen LogP contribution in [-0.4, -0.2) is 10.1 Å². The predicted octanol–water partition coefficient (Wildman–Crippen LogP) is 3.37. The first-order chi connectivity index (χ1) is 8.70. The molecule has 0 aliphatic carbocycles. The summed E-state index contributed by atoms with van der Waals surface area (Å²) in [7, 11) is 0. The quantitative estimate of drug-likeness (QED) is 0.877. The zero-order valence-electron chi connectivity index (χ0n) is 11.1. The highest BCUT2D eigenvalue weighted by atomic mass is 16.5. The van der Waals surface area contributed by atoms with E-state index in [1.165, 1.54) is 11.1 Å². The zero-order valence-corrected chi connectivity index (χ0v) is 11.1. The molecule has 0 radical (unpaired) electrons. The van der Waals surface area contributed by atoms with E-state index in [9.17, 15) is 0 Å². The molecule has 0 bridgehead atoms. The summed E-state index contributed by atoms with van der Waals surface area (Å²) in [5.74, 6) is 1.02. The average molecular weight is 245 g/mol. The van der Waals surface area contributed by atoms with Crippen molar-refractivity contribution in [3.63, 3.8) is 0 Å². The van der Waals surface area contributed by atoms with Gasteiger partial charge in [0, 0.05) is 12.5 Å². The Morgan fingerprint density at radius 1 is 1.22 bits per heavy atom. The standard InChI is InChI=1S/C14H19N3O/c1-4-11-7-5-6-8-12(11)9-15-14-16-13(10(2)3)17-18-14/h5-8,10H,4,9H2,1-3H3,(H,15,16,17). The van der Waals surface area contributed by atoms with Gasteiger partial charge in [-0.05, 0) is 17.5 Å². The van der Waals surface area contributed by atoms with Gasteiger partial charge >= 0.3 is 6.01 Å². The third-order valence-corrected chi connectivity index (χ3v) is 2.89. The number of aryl methyl sites for hydroxylation is 1. The third-order valence-electron chi connectivity index (χ3n) is 2.89. The normalized spacial score (nSPS) is 10.9. The van der Waals surface area contributed by atoms with Crippen LogP contribution in [0.1, 0.15) is 43.6 Å². The second-order valence-corrected chi connectivity index (χ2v) is 4.59. The maximum Gasteiger partial charge on any atom is 0.321 e. The van der Waals surface area contributed by atoms with Crippen molar-refractivity contribution < 1.29 is 4.52 Å². The van der Waals surface area contributed by atoms with E-state index in [0.29, 0.717) is 12.6 Å². The fourth-order valence-electron chi connectivity index (χ4n) is 1.79. The molecule has 1 aromatic heterocycles. The molecule has 1 N–H and O–H groups in total. The van der Waals surface area contributed by atoms with E-state index < -0.39 is 0 Å². The van der Waals surface area contributed by atoms with Crippen LogP contribution in [0.3, 0.4) is 0 Å². The van der Waals surface area contributed by atoms with Crippen LogP contribution in [0.2, 0.25) is 0 Å². The van der Waals surface area contributed by atoms with Gasteiger partial charge in [-0.25, -0.2) is 0 Å². The number of aromatic nitrogens is 2. The van der Waals surface area contributed by atoms with Crippen LogP contribution in [0.5, 0.6) is 0 Å². The van der Waals surface area contributed by atoms with Crippen molar-refractivity contribution in [2.45, 2.75) is 39.7 Å². The average Bonchev–Trinajstić information content (AvgIpc) is 2.85. The summed E-state index contributed by atoms with van der Waals surface area (Å²) in [4.78, 5) is 4.29. The highest BCUT2D eigenvalue weighted by molar-refractivity contribution is 5.31. The second kappa shape index (κ2) is 5.67. The summed E-state index contributed by atoms with van der Waals surface area (Å²) in [5, 5.41) is 7.09. The molecule has 18 heavy (non-hydrogen) atoms. The first-order valence-electron chi connectivity index (χ1n) is 6.35. The van der Waals surface area contributed by atoms with E-state index in [-0.39, 0.29) is 5.92 Å². The van der Waals surface area contributed by atoms with Gasteiger partial charge in [0.2, 0.25) is 0 Å². The van der Waals surface area contributed by atoms with Crippen LogP contribution in [0.25, 0.3) is 0 Å². The summed E-state index contributed by atoms with van der Waals surface area (Å²) in [6.07, 6.45) is 1.03. The van der Waals surface area contributed by atoms with E-state index >= 15 is 0 Å². The Bertz CT molecular complexity index is 505. The molecule has 0 fully saturated rings. The minimum atomic E-state index is 0.284. The maximum absolute atomic E-state index is 5.15. The van der Waals surface area contributed by atoms with Crippen molar-refractivity contribution in [2.75, 3.05) is 5.32 Å². The van der Waals surface area contributed by atoms with E-state index in [1.807, 2.05) is 19.9 Å². The van der Waals surface area contributed by atoms with Gasteiger partial charge in [-0.2, -0.15) is 4.98 Å². The molecular weight excluding hydrogens is 226 g/mol. The van der Waals surface area contributed by atoms with Crippen molar-refractivity contribution in [2.24, 2.45) is 0 Å². The van der Waals surface area contributed by atoms with Gasteiger partial charge in [0.15, 0.2) is 5.82 Å². The number of anilines is 1. The summed E-state index contributed by atoms with van der Waals surface area (Å²) in [6.45, 7) is 6.95. The molecule has 0 saturated carbocycles. The largest absolute Gasteiger partial charge is 0.334 e. The number of benzene rings is 1. The molecule has 0 unspecified atom stereocenters. The van der Waals surface area contributed by atoms with Crippen molar-refractivity contribution >= 4 is 6.01 Å². The molecule has 4 nitrogen and oxygen atoms in total. The van der Waals surface area contributed by atoms with Crippen molar-refractivity contribution in [1.82, 2.24) is 10.1 Å². The lowest BCUT2D eigenvalue weighted by atomic mass is 10.1. The molecule has 2 rings (SSSR count). The van der Waals surface area contributed by atoms with Gasteiger partial charge in [-0.1, -0.05) is 50.2 Å². The van der Waals surface area contributed by atoms with Gasteiger partial charge < -0.3 is 9.84 Å². The second-order valence-electron chi connectivity index (χ2n) is 4.59. The third kappa shape index (κ3) is 2.88. The zero-order chi connectivity index (χ0) is 13.0. The molecule has 96 valence electrons. The minimum Gasteiger partial charge on any atom is -0.334 e. The first-order valence-corrected chi connectivity index (χ1v) is 6.35. The van der Waals surface area contributed by atoms with Crippen molar-refractivity contribution in [3.8, 4) is 0 Å². The van der Waals surface area contributed by atoms with E-state index in [0.717, 1.165) is 12.2 Å². The smallest absolute Gasteiger partial charge is 0.321 e. The van der Waals surface area contributed by atoms with Crippen LogP contribution in [0, 0.1) is 0 Å². The molecule has 0 aliphatic rings. The molecule has 0 amide bonds. The van der Waals surface area contributed by atoms with Crippen molar-refractivity contribution in [1.29, 1.82) is 0 Å². The first kappa shape index (κ1) is 12.6. The lowest BCUT2D eigenvalue weighted by Gasteiger charge is -2.06. The Kier molecular flexibility index (Phi) is 3.97. The molecule has 4 heteroatoms. The molecule has 1 heterocycles. The Balaban J connectivity index is 2.02. The summed E-state index contributed by atoms with van der Waals surface area (Å²) in [5.41, 5.74) is 2.61. The number of rotatable bonds is 5. The lowest BCUT2D eigenvalue weighted by Crippen LogP contribution is -2.02. The van der Waals surface area contributed by atoms with Gasteiger partial charge in [0.1, 0.15) is 0 Å². The van der Waals surface area contributed by atoms with E-state index in [4.69, 9.17) is 4.52 Å². The lowest BCUT2D eigenvalue weighted by molar-refractivity contribution is 0.419. The molecular formula is C14H19N3O. The Morgan fingerprint density at radius 2 is 1.94 bits per heavy atom. The van der Waals surface area contributed by atoms with Gasteiger partial charge in [-0.15, -0.1) is 0 Å². The predicted molar refractivity (Wildman–Crippen MR) is 71.5 cm³/mol. The monoisotopic (exact) mass is 245 g/mol. The summed E-state index contributed by atoms with van der Waals surface area (Å²) in [6, 6.07) is 8.86. The highest BCUT2D eigenvalue weighted by Crippen LogP contribution is 2.15. The number of nitrogens with zero attached hydrogens (tertiary/aromatic N) is 2. The fraction of sp³-hybridized carbons (Fsp3) is 0.429. The molecule has 2 aromatic rings. The summed E-state index contributed by atoms with van der Waals surface area (Å²) < 4.78 is 5.15. The molecule has 0 saturated heterocycles. The molecule has 0 aliphatic heterocycles. The van der Waals surface area contributed by atoms with Crippen LogP contribution in [0.15, 0.2) is 28.8 Å². The van der Waals surface area contributed by atoms with Gasteiger partial charge in [0.05, 0.1) is 0 Å². The fourth-order valence-corrected chi connectivity index (χ4v) is 1.79. The van der Waals surface area contributed by atoms with Gasteiger partial charge in [-0.3, -0.25) is 0 Å². The number of nitrogens with one attached hydrogen (secondary N) is 1. The molecule has 1 aromatic carbocycles. The Hall–Kier alpha value is -1.84. The highest BCUT2D eigenvalue weighted by Gasteiger charge is 2.09. The molecule has 0 atom stereocenters. The Labute approximate surface area is 107 Å². The topological polar surface area (TPSA) is 51.0 Å². The Morgan fingerprint density at radius 3 is 2.56 bits per heavy atom. The van der Waals surface area contributed by atoms with Crippen molar-refractivity contribution in [3.05, 3.63) is 41.2 Å². The summed E-state index contributed by atoms with van der Waals surface area (Å²) >= 11 is 0. The SMILES string of the molecule is CCc1ccccc1CNc1nc(C(C)C)no1. The van der Waals surface area contributed by atoms with Crippen LogP contribution >= 0.6 is 0 Å². The van der Waals surface area contributed by atoms with E-state index in [2.05, 4.69) is 40.6 Å². The molecule has 0 spiro atoms. The maximum atomic E-state index is 5.15. The number of hydrogen-bond acceptors (Lipinski definition) is 4. The minimum absolute atomic E-state index is 0.284. The van der Waals surface area contributed by atoms with Crippen LogP contribution in [0.4, 0.5) is 6.01 Å². The van der Waals surface area contributed by atoms with Crippen LogP contribution in [-0.2, 0) is 13.0 Å². The van der Waals surface area contributed by atoms with Gasteiger partial charge in [0.25, 0.3) is 0 Å². The van der Waals surface area contributed by atoms with Crippen LogP contribution < -0.4 is 5.32 Å². The number of hydrogen-bond donors (Lipinski definition) is 1.